The molecule has 16 heteroatoms. The third-order valence-corrected chi connectivity index (χ3v) is 6.97. The fourth-order valence-electron chi connectivity index (χ4n) is 4.73. The maximum Gasteiger partial charge on any atom is 0.417 e. The first-order valence-corrected chi connectivity index (χ1v) is 12.8. The second-order valence-electron chi connectivity index (χ2n) is 9.93. The van der Waals surface area contributed by atoms with Crippen molar-refractivity contribution >= 4 is 28.6 Å². The molecule has 4 rings (SSSR count). The molecule has 0 unspecified atom stereocenters. The Morgan fingerprint density at radius 2 is 1.72 bits per heavy atom. The van der Waals surface area contributed by atoms with E-state index in [1.807, 2.05) is 0 Å². The van der Waals surface area contributed by atoms with Crippen LogP contribution < -0.4 is 10.5 Å². The van der Waals surface area contributed by atoms with Crippen molar-refractivity contribution < 1.29 is 58.1 Å². The molecule has 0 bridgehead atoms. The van der Waals surface area contributed by atoms with Gasteiger partial charge in [-0.1, -0.05) is 24.3 Å². The van der Waals surface area contributed by atoms with Crippen molar-refractivity contribution in [3.8, 4) is 11.3 Å². The van der Waals surface area contributed by atoms with Crippen LogP contribution in [-0.4, -0.2) is 109 Å². The van der Waals surface area contributed by atoms with Crippen LogP contribution in [0.25, 0.3) is 22.0 Å². The summed E-state index contributed by atoms with van der Waals surface area (Å²) in [6, 6.07) is 10.4. The zero-order valence-electron chi connectivity index (χ0n) is 22.2. The summed E-state index contributed by atoms with van der Waals surface area (Å²) >= 11 is 0. The van der Waals surface area contributed by atoms with Crippen molar-refractivity contribution in [3.05, 3.63) is 64.4 Å². The fraction of sp³-hybridized carbons (Fsp3) is 0.370. The molecule has 43 heavy (non-hydrogen) atoms. The van der Waals surface area contributed by atoms with Gasteiger partial charge in [0, 0.05) is 22.3 Å². The number of nitrogens with one attached hydrogen (secondary N) is 1. The normalized spacial score (nSPS) is 18.3. The predicted molar refractivity (Wildman–Crippen MR) is 143 cm³/mol. The van der Waals surface area contributed by atoms with Gasteiger partial charge in [0.05, 0.1) is 31.8 Å². The minimum atomic E-state index is -4.66. The van der Waals surface area contributed by atoms with Gasteiger partial charge in [-0.15, -0.1) is 0 Å². The van der Waals surface area contributed by atoms with Gasteiger partial charge in [0.1, 0.15) is 30.5 Å². The number of hydrogen-bond donors (Lipinski definition) is 7. The molecule has 0 aliphatic carbocycles. The van der Waals surface area contributed by atoms with Crippen molar-refractivity contribution in [2.24, 2.45) is 0 Å². The standard InChI is InChI=1S/C27H28F3N3O10/c28-27(29,30)18-4-2-1-3-16(18)19-7-13-5-6-14(8-17(13)24(39)31-19)33-10-15(43-26(33)42)9-32(25(40)41)11-20(35)22(37)23(38)21(36)12-34/h1-8,15,20-23,34-38H,9-12H2,(H,31,39)(H,40,41)/t15-,20-,21+,22+,23+/m0/s1. The first-order valence-electron chi connectivity index (χ1n) is 12.8. The van der Waals surface area contributed by atoms with Crippen molar-refractivity contribution in [1.29, 1.82) is 0 Å². The molecule has 0 spiro atoms. The SMILES string of the molecule is O=C(O)N(C[C@H]1CN(c2ccc3cc(-c4ccccc4C(F)(F)F)[nH]c(=O)c3c2)C(=O)O1)C[C@H](O)[C@@H](O)[C@H](O)[C@H](O)CO. The van der Waals surface area contributed by atoms with Crippen LogP contribution in [0, 0.1) is 0 Å². The number of alkyl halides is 3. The number of H-pyrrole nitrogens is 1. The molecule has 1 aliphatic rings. The summed E-state index contributed by atoms with van der Waals surface area (Å²) in [4.78, 5) is 41.5. The zero-order chi connectivity index (χ0) is 31.6. The molecule has 1 fully saturated rings. The van der Waals surface area contributed by atoms with E-state index in [0.717, 1.165) is 11.0 Å². The quantitative estimate of drug-likeness (QED) is 0.173. The van der Waals surface area contributed by atoms with E-state index in [0.29, 0.717) is 10.3 Å². The number of benzene rings is 2. The number of anilines is 1. The van der Waals surface area contributed by atoms with Crippen molar-refractivity contribution in [2.75, 3.05) is 31.1 Å². The van der Waals surface area contributed by atoms with Crippen LogP contribution in [0.3, 0.4) is 0 Å². The number of aromatic amines is 1. The lowest BCUT2D eigenvalue weighted by molar-refractivity contribution is -0.137. The van der Waals surface area contributed by atoms with E-state index in [1.165, 1.54) is 42.5 Å². The Hall–Kier alpha value is -4.22. The highest BCUT2D eigenvalue weighted by molar-refractivity contribution is 5.95. The molecule has 5 atom stereocenters. The van der Waals surface area contributed by atoms with Crippen molar-refractivity contribution in [2.45, 2.75) is 36.7 Å². The predicted octanol–water partition coefficient (Wildman–Crippen LogP) is 0.955. The highest BCUT2D eigenvalue weighted by atomic mass is 19.4. The zero-order valence-corrected chi connectivity index (χ0v) is 22.2. The molecule has 0 saturated carbocycles. The molecular weight excluding hydrogens is 583 g/mol. The molecule has 1 saturated heterocycles. The topological polar surface area (TPSA) is 204 Å². The summed E-state index contributed by atoms with van der Waals surface area (Å²) in [6.45, 7) is -2.32. The van der Waals surface area contributed by atoms with Crippen molar-refractivity contribution in [1.82, 2.24) is 9.88 Å². The van der Waals surface area contributed by atoms with E-state index in [-0.39, 0.29) is 28.9 Å². The number of amides is 2. The second-order valence-corrected chi connectivity index (χ2v) is 9.93. The monoisotopic (exact) mass is 611 g/mol. The van der Waals surface area contributed by atoms with Gasteiger partial charge < -0.3 is 45.3 Å². The van der Waals surface area contributed by atoms with Gasteiger partial charge >= 0.3 is 18.4 Å². The van der Waals surface area contributed by atoms with Gasteiger partial charge in [0.15, 0.2) is 0 Å². The average molecular weight is 612 g/mol. The van der Waals surface area contributed by atoms with Crippen LogP contribution in [-0.2, 0) is 10.9 Å². The Morgan fingerprint density at radius 3 is 2.37 bits per heavy atom. The van der Waals surface area contributed by atoms with Gasteiger partial charge in [-0.05, 0) is 29.7 Å². The number of carbonyl (C=O) groups excluding carboxylic acids is 1. The molecule has 0 radical (unpaired) electrons. The van der Waals surface area contributed by atoms with E-state index in [9.17, 15) is 53.1 Å². The van der Waals surface area contributed by atoms with E-state index >= 15 is 0 Å². The molecular formula is C27H28F3N3O10. The number of pyridine rings is 1. The van der Waals surface area contributed by atoms with E-state index in [2.05, 4.69) is 4.98 Å². The molecule has 13 nitrogen and oxygen atoms in total. The Labute approximate surface area is 240 Å². The minimum Gasteiger partial charge on any atom is -0.465 e. The largest absolute Gasteiger partial charge is 0.465 e. The molecule has 1 aromatic heterocycles. The highest BCUT2D eigenvalue weighted by Crippen LogP contribution is 2.37. The number of aliphatic hydroxyl groups excluding tert-OH is 5. The van der Waals surface area contributed by atoms with Gasteiger partial charge in [0.25, 0.3) is 5.56 Å². The van der Waals surface area contributed by atoms with Crippen LogP contribution in [0.1, 0.15) is 5.56 Å². The van der Waals surface area contributed by atoms with Crippen LogP contribution in [0.5, 0.6) is 0 Å². The molecule has 3 aromatic rings. The van der Waals surface area contributed by atoms with Crippen LogP contribution >= 0.6 is 0 Å². The number of aromatic nitrogens is 1. The second kappa shape index (κ2) is 12.6. The molecule has 7 N–H and O–H groups in total. The third-order valence-electron chi connectivity index (χ3n) is 6.97. The number of ether oxygens (including phenoxy) is 1. The Morgan fingerprint density at radius 1 is 1.05 bits per heavy atom. The summed E-state index contributed by atoms with van der Waals surface area (Å²) in [5, 5.41) is 58.2. The lowest BCUT2D eigenvalue weighted by Gasteiger charge is -2.29. The average Bonchev–Trinajstić information content (AvgIpc) is 3.34. The Kier molecular flexibility index (Phi) is 9.26. The number of cyclic esters (lactones) is 1. The summed E-state index contributed by atoms with van der Waals surface area (Å²) < 4.78 is 45.8. The Bertz CT molecular complexity index is 1550. The molecule has 2 amide bonds. The highest BCUT2D eigenvalue weighted by Gasteiger charge is 2.37. The van der Waals surface area contributed by atoms with Gasteiger partial charge in [0.2, 0.25) is 0 Å². The molecule has 232 valence electrons. The van der Waals surface area contributed by atoms with Gasteiger partial charge in [-0.3, -0.25) is 9.69 Å². The summed E-state index contributed by atoms with van der Waals surface area (Å²) in [6.07, 6.45) is -15.8. The molecule has 1 aliphatic heterocycles. The minimum absolute atomic E-state index is 0.0571. The maximum atomic E-state index is 13.5. The summed E-state index contributed by atoms with van der Waals surface area (Å²) in [7, 11) is 0. The lowest BCUT2D eigenvalue weighted by atomic mass is 10.0. The lowest BCUT2D eigenvalue weighted by Crippen LogP contribution is -2.51. The number of fused-ring (bicyclic) bond motifs is 1. The first kappa shape index (κ1) is 31.7. The van der Waals surface area contributed by atoms with Crippen LogP contribution in [0.4, 0.5) is 28.4 Å². The number of rotatable bonds is 10. The number of carboxylic acid groups (broad SMARTS) is 1. The summed E-state index contributed by atoms with van der Waals surface area (Å²) in [5.74, 6) is 0. The molecule has 2 aromatic carbocycles. The maximum absolute atomic E-state index is 13.5. The van der Waals surface area contributed by atoms with Crippen LogP contribution in [0.15, 0.2) is 53.3 Å². The van der Waals surface area contributed by atoms with Crippen LogP contribution in [0.2, 0.25) is 0 Å². The van der Waals surface area contributed by atoms with E-state index in [4.69, 9.17) is 9.84 Å². The number of carbonyl (C=O) groups is 2. The number of halogens is 3. The van der Waals surface area contributed by atoms with Gasteiger partial charge in [-0.25, -0.2) is 9.59 Å². The van der Waals surface area contributed by atoms with E-state index < -0.39 is 79.7 Å². The van der Waals surface area contributed by atoms with E-state index in [1.54, 1.807) is 0 Å². The molecule has 2 heterocycles. The third kappa shape index (κ3) is 6.89. The van der Waals surface area contributed by atoms with Crippen molar-refractivity contribution in [3.63, 3.8) is 0 Å². The Balaban J connectivity index is 1.52. The smallest absolute Gasteiger partial charge is 0.417 e. The van der Waals surface area contributed by atoms with Gasteiger partial charge in [-0.2, -0.15) is 13.2 Å². The number of nitrogens with zero attached hydrogens (tertiary/aromatic N) is 2. The summed E-state index contributed by atoms with van der Waals surface area (Å²) in [5.41, 5.74) is -1.73. The number of aliphatic hydroxyl groups is 5. The fourth-order valence-corrected chi connectivity index (χ4v) is 4.73. The number of hydrogen-bond acceptors (Lipinski definition) is 9. The first-order chi connectivity index (χ1) is 20.2.